The van der Waals surface area contributed by atoms with Gasteiger partial charge in [0.25, 0.3) is 0 Å². The van der Waals surface area contributed by atoms with E-state index < -0.39 is 8.56 Å². The number of methoxy groups -OCH3 is 2. The van der Waals surface area contributed by atoms with E-state index in [4.69, 9.17) is 27.8 Å². The van der Waals surface area contributed by atoms with Crippen LogP contribution >= 0.6 is 0 Å². The summed E-state index contributed by atoms with van der Waals surface area (Å²) in [4.78, 5) is 0. The van der Waals surface area contributed by atoms with Crippen LogP contribution in [0.15, 0.2) is 11.3 Å². The zero-order chi connectivity index (χ0) is 23.9. The molecule has 3 aliphatic rings. The first-order chi connectivity index (χ1) is 14.8. The molecule has 6 nitrogen and oxygen atoms in total. The first kappa shape index (κ1) is 26.2. The van der Waals surface area contributed by atoms with E-state index in [0.29, 0.717) is 6.61 Å². The van der Waals surface area contributed by atoms with Crippen molar-refractivity contribution in [1.82, 2.24) is 0 Å². The summed E-state index contributed by atoms with van der Waals surface area (Å²) >= 11 is 0. The quantitative estimate of drug-likeness (QED) is 0.359. The van der Waals surface area contributed by atoms with E-state index in [0.717, 1.165) is 37.9 Å². The summed E-state index contributed by atoms with van der Waals surface area (Å²) in [6.45, 7) is 18.5. The van der Waals surface area contributed by atoms with Crippen LogP contribution in [-0.4, -0.2) is 59.6 Å². The van der Waals surface area contributed by atoms with Crippen LogP contribution in [0, 0.1) is 0 Å². The van der Waals surface area contributed by atoms with Crippen molar-refractivity contribution in [2.45, 2.75) is 128 Å². The van der Waals surface area contributed by atoms with Crippen LogP contribution in [0.5, 0.6) is 0 Å². The minimum absolute atomic E-state index is 0.00664. The Bertz CT molecular complexity index is 676. The molecule has 0 N–H and O–H groups in total. The predicted molar refractivity (Wildman–Crippen MR) is 128 cm³/mol. The lowest BCUT2D eigenvalue weighted by Gasteiger charge is -2.59. The van der Waals surface area contributed by atoms with Gasteiger partial charge < -0.3 is 27.8 Å². The van der Waals surface area contributed by atoms with Crippen LogP contribution in [-0.2, 0) is 27.8 Å². The van der Waals surface area contributed by atoms with Gasteiger partial charge in [-0.05, 0) is 32.3 Å². The Kier molecular flexibility index (Phi) is 7.61. The molecule has 0 radical (unpaired) electrons. The number of fused-ring (bicyclic) bond motifs is 2. The van der Waals surface area contributed by atoms with Crippen molar-refractivity contribution < 1.29 is 27.8 Å². The van der Waals surface area contributed by atoms with Crippen molar-refractivity contribution in [1.29, 1.82) is 0 Å². The van der Waals surface area contributed by atoms with Gasteiger partial charge in [0, 0.05) is 43.6 Å². The second-order valence-electron chi connectivity index (χ2n) is 12.1. The van der Waals surface area contributed by atoms with Crippen LogP contribution in [0.25, 0.3) is 0 Å². The molecule has 0 aromatic heterocycles. The van der Waals surface area contributed by atoms with E-state index in [1.165, 1.54) is 5.57 Å². The van der Waals surface area contributed by atoms with Crippen molar-refractivity contribution in [3.05, 3.63) is 11.3 Å². The maximum Gasteiger partial charge on any atom is 0.349 e. The fourth-order valence-corrected chi connectivity index (χ4v) is 11.0. The highest BCUT2D eigenvalue weighted by atomic mass is 28.4. The SMILES string of the molecule is COC(CCCC1=C(C)C[C@@]2(C)O[C@H]3CO[Si](C(C)(C)C)(C(C)(C)C)O[C@@H]3C[C@@H]2O1)OC. The van der Waals surface area contributed by atoms with E-state index in [-0.39, 0.29) is 40.3 Å². The number of hydrogen-bond acceptors (Lipinski definition) is 6. The average Bonchev–Trinajstić information content (AvgIpc) is 2.67. The number of allylic oxidation sites excluding steroid dienone is 1. The van der Waals surface area contributed by atoms with Crippen LogP contribution in [0.2, 0.25) is 10.1 Å². The standard InChI is InChI=1S/C25H46O6Si/c1-17-15-25(8)21(29-18(17)12-11-13-22(26-9)27-10)14-19-20(30-25)16-28-32(31-19,23(2,3)4)24(5,6)7/h19-22H,11-16H2,1-10H3/t19-,20+,21+,25-/m1/s1. The normalized spacial score (nSPS) is 33.0. The second kappa shape index (κ2) is 9.31. The molecule has 3 aliphatic heterocycles. The summed E-state index contributed by atoms with van der Waals surface area (Å²) in [5.74, 6) is 1.10. The minimum Gasteiger partial charge on any atom is -0.492 e. The third-order valence-corrected chi connectivity index (χ3v) is 12.6. The summed E-state index contributed by atoms with van der Waals surface area (Å²) in [5.41, 5.74) is 0.938. The number of ether oxygens (including phenoxy) is 4. The Morgan fingerprint density at radius 2 is 1.69 bits per heavy atom. The molecule has 0 saturated carbocycles. The van der Waals surface area contributed by atoms with E-state index in [1.54, 1.807) is 14.2 Å². The van der Waals surface area contributed by atoms with E-state index in [1.807, 2.05) is 0 Å². The van der Waals surface area contributed by atoms with Gasteiger partial charge in [0.15, 0.2) is 6.29 Å². The Morgan fingerprint density at radius 1 is 1.06 bits per heavy atom. The topological polar surface area (TPSA) is 55.4 Å². The molecule has 0 aliphatic carbocycles. The lowest BCUT2D eigenvalue weighted by molar-refractivity contribution is -0.249. The molecular weight excluding hydrogens is 424 g/mol. The Morgan fingerprint density at radius 3 is 2.25 bits per heavy atom. The molecule has 0 aromatic carbocycles. The smallest absolute Gasteiger partial charge is 0.349 e. The van der Waals surface area contributed by atoms with Gasteiger partial charge in [0.05, 0.1) is 18.5 Å². The van der Waals surface area contributed by atoms with Crippen molar-refractivity contribution in [3.63, 3.8) is 0 Å². The largest absolute Gasteiger partial charge is 0.492 e. The fourth-order valence-electron chi connectivity index (χ4n) is 5.99. The van der Waals surface area contributed by atoms with Gasteiger partial charge in [-0.3, -0.25) is 0 Å². The van der Waals surface area contributed by atoms with Gasteiger partial charge in [-0.25, -0.2) is 0 Å². The second-order valence-corrected chi connectivity index (χ2v) is 16.8. The van der Waals surface area contributed by atoms with Gasteiger partial charge in [0.1, 0.15) is 17.8 Å². The van der Waals surface area contributed by atoms with Gasteiger partial charge in [-0.15, -0.1) is 0 Å². The molecule has 3 heterocycles. The summed E-state index contributed by atoms with van der Waals surface area (Å²) < 4.78 is 37.6. The summed E-state index contributed by atoms with van der Waals surface area (Å²) in [5, 5.41) is -0.0729. The molecule has 0 amide bonds. The van der Waals surface area contributed by atoms with Crippen LogP contribution in [0.4, 0.5) is 0 Å². The lowest BCUT2D eigenvalue weighted by atomic mass is 9.81. The zero-order valence-electron chi connectivity index (χ0n) is 22.0. The van der Waals surface area contributed by atoms with E-state index >= 15 is 0 Å². The maximum absolute atomic E-state index is 6.97. The molecule has 2 saturated heterocycles. The Hall–Kier alpha value is -0.443. The molecule has 2 fully saturated rings. The van der Waals surface area contributed by atoms with Crippen molar-refractivity contribution >= 4 is 8.56 Å². The van der Waals surface area contributed by atoms with Gasteiger partial charge in [-0.1, -0.05) is 41.5 Å². The highest BCUT2D eigenvalue weighted by Crippen LogP contribution is 2.56. The van der Waals surface area contributed by atoms with E-state index in [2.05, 4.69) is 55.4 Å². The third-order valence-electron chi connectivity index (χ3n) is 7.45. The molecule has 186 valence electrons. The Labute approximate surface area is 196 Å². The van der Waals surface area contributed by atoms with Crippen LogP contribution in [0.1, 0.15) is 87.5 Å². The minimum atomic E-state index is -2.52. The first-order valence-electron chi connectivity index (χ1n) is 12.2. The number of hydrogen-bond donors (Lipinski definition) is 0. The monoisotopic (exact) mass is 470 g/mol. The van der Waals surface area contributed by atoms with E-state index in [9.17, 15) is 0 Å². The molecule has 7 heteroatoms. The Balaban J connectivity index is 1.74. The molecule has 0 aromatic rings. The molecule has 0 bridgehead atoms. The summed E-state index contributed by atoms with van der Waals surface area (Å²) in [6.07, 6.45) is 4.24. The third kappa shape index (κ3) is 4.84. The predicted octanol–water partition coefficient (Wildman–Crippen LogP) is 5.84. The molecule has 0 unspecified atom stereocenters. The van der Waals surface area contributed by atoms with Gasteiger partial charge >= 0.3 is 8.56 Å². The van der Waals surface area contributed by atoms with Gasteiger partial charge in [-0.2, -0.15) is 0 Å². The molecule has 4 atom stereocenters. The summed E-state index contributed by atoms with van der Waals surface area (Å²) in [7, 11) is 0.845. The highest BCUT2D eigenvalue weighted by Gasteiger charge is 2.64. The molecule has 3 rings (SSSR count). The van der Waals surface area contributed by atoms with Gasteiger partial charge in [0.2, 0.25) is 0 Å². The fraction of sp³-hybridized carbons (Fsp3) is 0.920. The highest BCUT2D eigenvalue weighted by molar-refractivity contribution is 6.73. The first-order valence-corrected chi connectivity index (χ1v) is 14.0. The van der Waals surface area contributed by atoms with Crippen LogP contribution < -0.4 is 0 Å². The zero-order valence-corrected chi connectivity index (χ0v) is 23.0. The maximum atomic E-state index is 6.97. The molecule has 0 spiro atoms. The lowest BCUT2D eigenvalue weighted by Crippen LogP contribution is -2.69. The molecular formula is C25H46O6Si. The van der Waals surface area contributed by atoms with Crippen molar-refractivity contribution in [3.8, 4) is 0 Å². The summed E-state index contributed by atoms with van der Waals surface area (Å²) in [6, 6.07) is 0. The number of rotatable bonds is 6. The van der Waals surface area contributed by atoms with Crippen molar-refractivity contribution in [2.75, 3.05) is 20.8 Å². The average molecular weight is 471 g/mol. The van der Waals surface area contributed by atoms with Crippen molar-refractivity contribution in [2.24, 2.45) is 0 Å². The molecule has 32 heavy (non-hydrogen) atoms. The van der Waals surface area contributed by atoms with Crippen LogP contribution in [0.3, 0.4) is 0 Å².